The van der Waals surface area contributed by atoms with Crippen molar-refractivity contribution >= 4 is 0 Å². The average Bonchev–Trinajstić information content (AvgIpc) is 2.32. The number of hydrogen-bond donors (Lipinski definition) is 1. The van der Waals surface area contributed by atoms with Crippen molar-refractivity contribution in [2.75, 3.05) is 0 Å². The molecule has 17 heavy (non-hydrogen) atoms. The molecule has 0 spiro atoms. The van der Waals surface area contributed by atoms with E-state index in [0.29, 0.717) is 0 Å². The molecule has 4 heteroatoms. The third-order valence-electron chi connectivity index (χ3n) is 2.52. The van der Waals surface area contributed by atoms with Crippen molar-refractivity contribution in [2.24, 2.45) is 0 Å². The molecule has 1 nitrogen and oxygen atoms in total. The minimum absolute atomic E-state index is 0.0444. The predicted octanol–water partition coefficient (Wildman–Crippen LogP) is 3.26. The maximum absolute atomic E-state index is 13.6. The standard InChI is InChI=1S/C13H9F3O/c14-11-5-1-3-8(10(11)7-17)9-4-2-6-12(15)13(9)16/h1-6,17H,7H2. The number of hydrogen-bond acceptors (Lipinski definition) is 1. The number of halogens is 3. The second-order valence-electron chi connectivity index (χ2n) is 3.53. The first-order valence-corrected chi connectivity index (χ1v) is 4.97. The van der Waals surface area contributed by atoms with Crippen LogP contribution in [0.5, 0.6) is 0 Å². The van der Waals surface area contributed by atoms with Crippen LogP contribution >= 0.6 is 0 Å². The first-order valence-electron chi connectivity index (χ1n) is 4.97. The van der Waals surface area contributed by atoms with Crippen molar-refractivity contribution in [3.05, 3.63) is 59.4 Å². The SMILES string of the molecule is OCc1c(F)cccc1-c1cccc(F)c1F. The molecular formula is C13H9F3O. The van der Waals surface area contributed by atoms with Gasteiger partial charge in [-0.1, -0.05) is 24.3 Å². The summed E-state index contributed by atoms with van der Waals surface area (Å²) in [7, 11) is 0. The topological polar surface area (TPSA) is 20.2 Å². The van der Waals surface area contributed by atoms with Crippen LogP contribution in [0.4, 0.5) is 13.2 Å². The van der Waals surface area contributed by atoms with Gasteiger partial charge < -0.3 is 5.11 Å². The first-order chi connectivity index (χ1) is 8.15. The van der Waals surface area contributed by atoms with Gasteiger partial charge in [-0.15, -0.1) is 0 Å². The maximum Gasteiger partial charge on any atom is 0.166 e. The normalized spacial score (nSPS) is 10.6. The highest BCUT2D eigenvalue weighted by atomic mass is 19.2. The van der Waals surface area contributed by atoms with Crippen LogP contribution in [0.2, 0.25) is 0 Å². The Hall–Kier alpha value is -1.81. The van der Waals surface area contributed by atoms with Crippen LogP contribution in [0.25, 0.3) is 11.1 Å². The van der Waals surface area contributed by atoms with Gasteiger partial charge in [-0.25, -0.2) is 13.2 Å². The smallest absolute Gasteiger partial charge is 0.166 e. The molecule has 0 aliphatic rings. The van der Waals surface area contributed by atoms with E-state index in [4.69, 9.17) is 5.11 Å². The van der Waals surface area contributed by atoms with E-state index >= 15 is 0 Å². The van der Waals surface area contributed by atoms with Gasteiger partial charge in [0.1, 0.15) is 5.82 Å². The largest absolute Gasteiger partial charge is 0.392 e. The molecule has 2 aromatic rings. The zero-order valence-corrected chi connectivity index (χ0v) is 8.75. The Kier molecular flexibility index (Phi) is 3.15. The van der Waals surface area contributed by atoms with Crippen LogP contribution in [0, 0.1) is 17.5 Å². The van der Waals surface area contributed by atoms with Crippen LogP contribution in [0.3, 0.4) is 0 Å². The summed E-state index contributed by atoms with van der Waals surface area (Å²) in [5, 5.41) is 9.06. The lowest BCUT2D eigenvalue weighted by atomic mass is 9.99. The molecule has 0 aromatic heterocycles. The van der Waals surface area contributed by atoms with Crippen molar-refractivity contribution in [3.63, 3.8) is 0 Å². The van der Waals surface area contributed by atoms with Gasteiger partial charge in [-0.05, 0) is 17.7 Å². The molecule has 0 unspecified atom stereocenters. The summed E-state index contributed by atoms with van der Waals surface area (Å²) >= 11 is 0. The highest BCUT2D eigenvalue weighted by Gasteiger charge is 2.14. The Morgan fingerprint density at radius 2 is 1.41 bits per heavy atom. The molecule has 0 bridgehead atoms. The summed E-state index contributed by atoms with van der Waals surface area (Å²) in [6, 6.07) is 7.63. The Morgan fingerprint density at radius 1 is 0.824 bits per heavy atom. The van der Waals surface area contributed by atoms with Gasteiger partial charge in [0.2, 0.25) is 0 Å². The highest BCUT2D eigenvalue weighted by molar-refractivity contribution is 5.68. The molecule has 0 aliphatic carbocycles. The van der Waals surface area contributed by atoms with E-state index in [1.54, 1.807) is 0 Å². The fourth-order valence-corrected chi connectivity index (χ4v) is 1.68. The molecule has 0 heterocycles. The molecule has 2 aromatic carbocycles. The van der Waals surface area contributed by atoms with Crippen molar-refractivity contribution < 1.29 is 18.3 Å². The summed E-state index contributed by atoms with van der Waals surface area (Å²) in [5.41, 5.74) is 0.0510. The lowest BCUT2D eigenvalue weighted by Crippen LogP contribution is -1.97. The Morgan fingerprint density at radius 3 is 2.06 bits per heavy atom. The Balaban J connectivity index is 2.68. The molecular weight excluding hydrogens is 229 g/mol. The number of aliphatic hydroxyl groups excluding tert-OH is 1. The van der Waals surface area contributed by atoms with E-state index in [9.17, 15) is 13.2 Å². The van der Waals surface area contributed by atoms with E-state index in [0.717, 1.165) is 12.1 Å². The summed E-state index contributed by atoms with van der Waals surface area (Å²) < 4.78 is 40.0. The van der Waals surface area contributed by atoms with Crippen molar-refractivity contribution in [2.45, 2.75) is 6.61 Å². The fourth-order valence-electron chi connectivity index (χ4n) is 1.68. The van der Waals surface area contributed by atoms with Crippen LogP contribution in [0.1, 0.15) is 5.56 Å². The van der Waals surface area contributed by atoms with Crippen molar-refractivity contribution in [1.29, 1.82) is 0 Å². The van der Waals surface area contributed by atoms with Crippen LogP contribution in [0.15, 0.2) is 36.4 Å². The zero-order valence-electron chi connectivity index (χ0n) is 8.75. The Bertz CT molecular complexity index is 552. The molecule has 0 radical (unpaired) electrons. The van der Waals surface area contributed by atoms with E-state index in [1.165, 1.54) is 24.3 Å². The monoisotopic (exact) mass is 238 g/mol. The third-order valence-corrected chi connectivity index (χ3v) is 2.52. The molecule has 88 valence electrons. The maximum atomic E-state index is 13.6. The van der Waals surface area contributed by atoms with E-state index in [2.05, 4.69) is 0 Å². The molecule has 1 N–H and O–H groups in total. The minimum Gasteiger partial charge on any atom is -0.392 e. The second-order valence-corrected chi connectivity index (χ2v) is 3.53. The van der Waals surface area contributed by atoms with Gasteiger partial charge in [0.05, 0.1) is 6.61 Å². The van der Waals surface area contributed by atoms with E-state index in [-0.39, 0.29) is 16.7 Å². The van der Waals surface area contributed by atoms with E-state index < -0.39 is 24.1 Å². The average molecular weight is 238 g/mol. The molecule has 0 atom stereocenters. The molecule has 0 saturated heterocycles. The van der Waals surface area contributed by atoms with Gasteiger partial charge in [-0.2, -0.15) is 0 Å². The van der Waals surface area contributed by atoms with Gasteiger partial charge >= 0.3 is 0 Å². The number of aliphatic hydroxyl groups is 1. The third kappa shape index (κ3) is 2.03. The molecule has 0 fully saturated rings. The summed E-state index contributed by atoms with van der Waals surface area (Å²) in [6.07, 6.45) is 0. The van der Waals surface area contributed by atoms with Crippen molar-refractivity contribution in [1.82, 2.24) is 0 Å². The van der Waals surface area contributed by atoms with Crippen LogP contribution in [-0.2, 0) is 6.61 Å². The van der Waals surface area contributed by atoms with Crippen LogP contribution < -0.4 is 0 Å². The van der Waals surface area contributed by atoms with E-state index in [1.807, 2.05) is 0 Å². The van der Waals surface area contributed by atoms with Crippen LogP contribution in [-0.4, -0.2) is 5.11 Å². The quantitative estimate of drug-likeness (QED) is 0.851. The lowest BCUT2D eigenvalue weighted by molar-refractivity contribution is 0.276. The van der Waals surface area contributed by atoms with Gasteiger partial charge in [0.15, 0.2) is 11.6 Å². The minimum atomic E-state index is -1.05. The molecule has 2 rings (SSSR count). The molecule has 0 aliphatic heterocycles. The zero-order chi connectivity index (χ0) is 12.4. The highest BCUT2D eigenvalue weighted by Crippen LogP contribution is 2.29. The van der Waals surface area contributed by atoms with Gasteiger partial charge in [0, 0.05) is 11.1 Å². The second kappa shape index (κ2) is 4.59. The number of benzene rings is 2. The Labute approximate surface area is 96.1 Å². The van der Waals surface area contributed by atoms with Gasteiger partial charge in [-0.3, -0.25) is 0 Å². The fraction of sp³-hybridized carbons (Fsp3) is 0.0769. The predicted molar refractivity (Wildman–Crippen MR) is 57.7 cm³/mol. The summed E-state index contributed by atoms with van der Waals surface area (Å²) in [6.45, 7) is -0.571. The summed E-state index contributed by atoms with van der Waals surface area (Å²) in [4.78, 5) is 0. The van der Waals surface area contributed by atoms with Crippen molar-refractivity contribution in [3.8, 4) is 11.1 Å². The molecule has 0 amide bonds. The molecule has 0 saturated carbocycles. The first kappa shape index (κ1) is 11.7. The van der Waals surface area contributed by atoms with Gasteiger partial charge in [0.25, 0.3) is 0 Å². The number of rotatable bonds is 2. The summed E-state index contributed by atoms with van der Waals surface area (Å²) in [5.74, 6) is -2.70. The lowest BCUT2D eigenvalue weighted by Gasteiger charge is -2.09.